The first-order valence-electron chi connectivity index (χ1n) is 19.2. The van der Waals surface area contributed by atoms with Crippen LogP contribution in [0.2, 0.25) is 0 Å². The average molecular weight is 747 g/mol. The van der Waals surface area contributed by atoms with Crippen LogP contribution in [0.25, 0.3) is 110 Å². The maximum absolute atomic E-state index is 5.08. The van der Waals surface area contributed by atoms with Gasteiger partial charge in [-0.05, 0) is 76.2 Å². The molecule has 0 atom stereocenters. The summed E-state index contributed by atoms with van der Waals surface area (Å²) in [5.74, 6) is 1.95. The van der Waals surface area contributed by atoms with Crippen LogP contribution in [-0.2, 0) is 0 Å². The third-order valence-electron chi connectivity index (χ3n) is 11.0. The van der Waals surface area contributed by atoms with Gasteiger partial charge in [0.1, 0.15) is 0 Å². The number of rotatable bonds is 6. The molecule has 4 nitrogen and oxygen atoms in total. The van der Waals surface area contributed by atoms with Gasteiger partial charge in [0.05, 0.1) is 0 Å². The average Bonchev–Trinajstić information content (AvgIpc) is 3.82. The number of aromatic nitrogens is 4. The second kappa shape index (κ2) is 13.5. The molecule has 0 amide bonds. The predicted octanol–water partition coefficient (Wildman–Crippen LogP) is 14.2. The van der Waals surface area contributed by atoms with E-state index in [0.717, 1.165) is 50.0 Å². The highest BCUT2D eigenvalue weighted by Gasteiger charge is 2.16. The van der Waals surface area contributed by atoms with Crippen molar-refractivity contribution < 1.29 is 0 Å². The number of benzene rings is 8. The van der Waals surface area contributed by atoms with E-state index in [-0.39, 0.29) is 0 Å². The molecular formula is C52H34N4S. The number of fused-ring (bicyclic) bond motifs is 6. The van der Waals surface area contributed by atoms with Crippen molar-refractivity contribution in [2.75, 3.05) is 0 Å². The Balaban J connectivity index is 0.967. The van der Waals surface area contributed by atoms with Crippen molar-refractivity contribution in [3.05, 3.63) is 188 Å². The molecule has 8 aromatic carbocycles. The zero-order valence-electron chi connectivity index (χ0n) is 31.1. The van der Waals surface area contributed by atoms with Gasteiger partial charge in [-0.2, -0.15) is 0 Å². The number of hydrogen-bond acceptors (Lipinski definition) is 4. The monoisotopic (exact) mass is 746 g/mol. The first kappa shape index (κ1) is 33.2. The molecule has 0 aliphatic rings. The summed E-state index contributed by atoms with van der Waals surface area (Å²) in [5.41, 5.74) is 13.3. The first-order valence-corrected chi connectivity index (χ1v) is 20.0. The Bertz CT molecular complexity index is 3290. The lowest BCUT2D eigenvalue weighted by atomic mass is 10.0. The standard InChI is InChI=1S/C52H34N4S/c1-32-11-8-9-18-41(32)52-55-50(36-21-19-35(20-22-36)33-12-4-2-5-13-33)54-51(56-52)40-17-10-16-37(27-40)38-23-25-42-44-30-45-43-26-24-39(34-14-6-3-7-15-34)29-48(43)57-49(45)31-47(44)53-46(42)28-38/h2-31,53H,1H3. The fraction of sp³-hybridized carbons (Fsp3) is 0.0192. The molecule has 0 unspecified atom stereocenters. The van der Waals surface area contributed by atoms with Crippen LogP contribution in [0.5, 0.6) is 0 Å². The summed E-state index contributed by atoms with van der Waals surface area (Å²) in [5, 5.41) is 5.06. The molecule has 1 N–H and O–H groups in total. The highest BCUT2D eigenvalue weighted by atomic mass is 32.1. The number of thiophene rings is 1. The van der Waals surface area contributed by atoms with Crippen molar-refractivity contribution in [3.8, 4) is 67.5 Å². The zero-order valence-corrected chi connectivity index (χ0v) is 31.9. The Morgan fingerprint density at radius 1 is 0.351 bits per heavy atom. The fourth-order valence-corrected chi connectivity index (χ4v) is 9.19. The molecule has 5 heteroatoms. The Hall–Kier alpha value is -7.21. The summed E-state index contributed by atoms with van der Waals surface area (Å²) in [4.78, 5) is 18.9. The van der Waals surface area contributed by atoms with Crippen LogP contribution < -0.4 is 0 Å². The molecular weight excluding hydrogens is 713 g/mol. The summed E-state index contributed by atoms with van der Waals surface area (Å²) < 4.78 is 2.60. The molecule has 0 bridgehead atoms. The number of aromatic amines is 1. The lowest BCUT2D eigenvalue weighted by molar-refractivity contribution is 1.07. The molecule has 268 valence electrons. The lowest BCUT2D eigenvalue weighted by Crippen LogP contribution is -2.01. The van der Waals surface area contributed by atoms with E-state index in [2.05, 4.69) is 176 Å². The van der Waals surface area contributed by atoms with Crippen LogP contribution in [0.3, 0.4) is 0 Å². The van der Waals surface area contributed by atoms with Crippen LogP contribution in [0, 0.1) is 6.92 Å². The quantitative estimate of drug-likeness (QED) is 0.184. The topological polar surface area (TPSA) is 54.5 Å². The van der Waals surface area contributed by atoms with Gasteiger partial charge in [0.2, 0.25) is 0 Å². The van der Waals surface area contributed by atoms with Gasteiger partial charge in [-0.3, -0.25) is 0 Å². The van der Waals surface area contributed by atoms with E-state index >= 15 is 0 Å². The largest absolute Gasteiger partial charge is 0.354 e. The SMILES string of the molecule is Cc1ccccc1-c1nc(-c2ccc(-c3ccccc3)cc2)nc(-c2cccc(-c3ccc4c(c3)[nH]c3cc5sc6cc(-c7ccccc7)ccc6c5cc34)c2)n1. The summed E-state index contributed by atoms with van der Waals surface area (Å²) in [6.45, 7) is 2.10. The smallest absolute Gasteiger partial charge is 0.164 e. The van der Waals surface area contributed by atoms with Crippen molar-refractivity contribution >= 4 is 53.3 Å². The predicted molar refractivity (Wildman–Crippen MR) is 239 cm³/mol. The van der Waals surface area contributed by atoms with E-state index in [4.69, 9.17) is 15.0 Å². The van der Waals surface area contributed by atoms with E-state index in [0.29, 0.717) is 17.5 Å². The normalized spacial score (nSPS) is 11.6. The number of nitrogens with one attached hydrogen (secondary N) is 1. The van der Waals surface area contributed by atoms with Crippen LogP contribution in [-0.4, -0.2) is 19.9 Å². The third-order valence-corrected chi connectivity index (χ3v) is 12.1. The minimum atomic E-state index is 0.641. The van der Waals surface area contributed by atoms with Gasteiger partial charge in [-0.1, -0.05) is 152 Å². The van der Waals surface area contributed by atoms with E-state index in [1.54, 1.807) is 0 Å². The van der Waals surface area contributed by atoms with Gasteiger partial charge in [0.15, 0.2) is 17.5 Å². The molecule has 57 heavy (non-hydrogen) atoms. The van der Waals surface area contributed by atoms with Crippen LogP contribution in [0.1, 0.15) is 5.56 Å². The molecule has 0 aliphatic carbocycles. The van der Waals surface area contributed by atoms with Crippen LogP contribution >= 0.6 is 11.3 Å². The summed E-state index contributed by atoms with van der Waals surface area (Å²) >= 11 is 1.86. The molecule has 0 radical (unpaired) electrons. The van der Waals surface area contributed by atoms with Gasteiger partial charge in [-0.15, -0.1) is 11.3 Å². The van der Waals surface area contributed by atoms with Gasteiger partial charge >= 0.3 is 0 Å². The molecule has 0 spiro atoms. The molecule has 11 rings (SSSR count). The molecule has 11 aromatic rings. The Morgan fingerprint density at radius 2 is 0.877 bits per heavy atom. The number of nitrogens with zero attached hydrogens (tertiary/aromatic N) is 3. The van der Waals surface area contributed by atoms with Gasteiger partial charge in [-0.25, -0.2) is 15.0 Å². The maximum Gasteiger partial charge on any atom is 0.164 e. The Labute approximate surface area is 333 Å². The minimum absolute atomic E-state index is 0.641. The van der Waals surface area contributed by atoms with Crippen molar-refractivity contribution in [2.45, 2.75) is 6.92 Å². The van der Waals surface area contributed by atoms with Crippen molar-refractivity contribution in [1.29, 1.82) is 0 Å². The molecule has 0 saturated heterocycles. The number of hydrogen-bond donors (Lipinski definition) is 1. The summed E-state index contributed by atoms with van der Waals surface area (Å²) in [6, 6.07) is 64.5. The van der Waals surface area contributed by atoms with Gasteiger partial charge in [0, 0.05) is 58.7 Å². The highest BCUT2D eigenvalue weighted by molar-refractivity contribution is 7.25. The molecule has 3 aromatic heterocycles. The van der Waals surface area contributed by atoms with Crippen LogP contribution in [0.4, 0.5) is 0 Å². The van der Waals surface area contributed by atoms with Crippen molar-refractivity contribution in [1.82, 2.24) is 19.9 Å². The van der Waals surface area contributed by atoms with E-state index in [1.807, 2.05) is 29.5 Å². The Kier molecular flexibility index (Phi) is 7.86. The molecule has 0 saturated carbocycles. The van der Waals surface area contributed by atoms with Gasteiger partial charge < -0.3 is 4.98 Å². The molecule has 0 fully saturated rings. The first-order chi connectivity index (χ1) is 28.1. The third kappa shape index (κ3) is 5.97. The highest BCUT2D eigenvalue weighted by Crippen LogP contribution is 2.41. The minimum Gasteiger partial charge on any atom is -0.354 e. The molecule has 0 aliphatic heterocycles. The summed E-state index contributed by atoms with van der Waals surface area (Å²) in [7, 11) is 0. The van der Waals surface area contributed by atoms with Crippen molar-refractivity contribution in [2.24, 2.45) is 0 Å². The lowest BCUT2D eigenvalue weighted by Gasteiger charge is -2.11. The van der Waals surface area contributed by atoms with E-state index in [9.17, 15) is 0 Å². The van der Waals surface area contributed by atoms with Crippen LogP contribution in [0.15, 0.2) is 182 Å². The second-order valence-corrected chi connectivity index (χ2v) is 15.7. The second-order valence-electron chi connectivity index (χ2n) is 14.6. The van der Waals surface area contributed by atoms with E-state index in [1.165, 1.54) is 47.6 Å². The Morgan fingerprint density at radius 3 is 1.65 bits per heavy atom. The number of aryl methyl sites for hydroxylation is 1. The maximum atomic E-state index is 5.08. The van der Waals surface area contributed by atoms with Gasteiger partial charge in [0.25, 0.3) is 0 Å². The van der Waals surface area contributed by atoms with Crippen molar-refractivity contribution in [3.63, 3.8) is 0 Å². The zero-order chi connectivity index (χ0) is 37.9. The number of H-pyrrole nitrogens is 1. The van der Waals surface area contributed by atoms with E-state index < -0.39 is 0 Å². The fourth-order valence-electron chi connectivity index (χ4n) is 8.02. The molecule has 3 heterocycles. The summed E-state index contributed by atoms with van der Waals surface area (Å²) in [6.07, 6.45) is 0.